The topological polar surface area (TPSA) is 138 Å². The third-order valence-electron chi connectivity index (χ3n) is 2.94. The molecule has 12 heteroatoms. The van der Waals surface area contributed by atoms with E-state index in [1.807, 2.05) is 0 Å². The number of carbonyl (C=O) groups is 1. The molecule has 1 aliphatic heterocycles. The van der Waals surface area contributed by atoms with Gasteiger partial charge in [0.15, 0.2) is 0 Å². The maximum absolute atomic E-state index is 12.3. The van der Waals surface area contributed by atoms with Crippen LogP contribution in [0.1, 0.15) is 9.67 Å². The molecule has 2 heterocycles. The monoisotopic (exact) mass is 355 g/mol. The zero-order valence-electron chi connectivity index (χ0n) is 10.7. The second-order valence-electron chi connectivity index (χ2n) is 4.27. The van der Waals surface area contributed by atoms with Crippen LogP contribution in [-0.4, -0.2) is 62.7 Å². The first-order valence-corrected chi connectivity index (χ1v) is 9.49. The third kappa shape index (κ3) is 3.41. The van der Waals surface area contributed by atoms with Crippen LogP contribution in [0.25, 0.3) is 0 Å². The Bertz CT molecular complexity index is 745. The van der Waals surface area contributed by atoms with Crippen molar-refractivity contribution in [1.29, 1.82) is 0 Å². The number of hydrogen-bond donors (Lipinski definition) is 2. The summed E-state index contributed by atoms with van der Waals surface area (Å²) in [7, 11) is -7.65. The van der Waals surface area contributed by atoms with Crippen LogP contribution in [0.15, 0.2) is 16.3 Å². The molecule has 2 rings (SSSR count). The summed E-state index contributed by atoms with van der Waals surface area (Å²) in [6.07, 6.45) is 0. The maximum atomic E-state index is 12.3. The van der Waals surface area contributed by atoms with Gasteiger partial charge < -0.3 is 5.11 Å². The fraction of sp³-hybridized carbons (Fsp3) is 0.444. The molecule has 1 aromatic rings. The van der Waals surface area contributed by atoms with Crippen LogP contribution < -0.4 is 5.14 Å². The Morgan fingerprint density at radius 2 is 1.62 bits per heavy atom. The molecule has 21 heavy (non-hydrogen) atoms. The van der Waals surface area contributed by atoms with Crippen molar-refractivity contribution in [3.05, 3.63) is 17.0 Å². The Balaban J connectivity index is 2.16. The first kappa shape index (κ1) is 16.3. The number of thiophene rings is 1. The second kappa shape index (κ2) is 5.62. The molecular weight excluding hydrogens is 342 g/mol. The molecule has 0 atom stereocenters. The number of hydrogen-bond acceptors (Lipinski definition) is 6. The fourth-order valence-corrected chi connectivity index (χ4v) is 5.26. The van der Waals surface area contributed by atoms with Gasteiger partial charge in [0.25, 0.3) is 20.2 Å². The Morgan fingerprint density at radius 3 is 2.05 bits per heavy atom. The normalized spacial score (nSPS) is 18.7. The summed E-state index contributed by atoms with van der Waals surface area (Å²) in [6.45, 7) is -0.122. The molecule has 118 valence electrons. The number of piperazine rings is 1. The molecule has 1 aliphatic rings. The minimum Gasteiger partial charge on any atom is -0.477 e. The number of nitrogens with zero attached hydrogens (tertiary/aromatic N) is 2. The lowest BCUT2D eigenvalue weighted by Crippen LogP contribution is -2.52. The summed E-state index contributed by atoms with van der Waals surface area (Å²) in [5.74, 6) is -1.19. The molecule has 0 amide bonds. The third-order valence-corrected chi connectivity index (χ3v) is 7.47. The molecule has 0 aliphatic carbocycles. The molecular formula is C9H13N3O6S3. The highest BCUT2D eigenvalue weighted by atomic mass is 32.2. The SMILES string of the molecule is NS(=O)(=O)N1CCN(S(=O)(=O)c2ccc(C(=O)O)s2)CC1. The van der Waals surface area contributed by atoms with Crippen LogP contribution in [0, 0.1) is 0 Å². The van der Waals surface area contributed by atoms with Gasteiger partial charge in [-0.05, 0) is 12.1 Å². The van der Waals surface area contributed by atoms with Crippen molar-refractivity contribution >= 4 is 37.5 Å². The van der Waals surface area contributed by atoms with Gasteiger partial charge in [0.1, 0.15) is 9.09 Å². The van der Waals surface area contributed by atoms with Gasteiger partial charge in [0.2, 0.25) is 0 Å². The fourth-order valence-electron chi connectivity index (χ4n) is 1.87. The van der Waals surface area contributed by atoms with E-state index >= 15 is 0 Å². The molecule has 0 saturated carbocycles. The van der Waals surface area contributed by atoms with Gasteiger partial charge in [-0.2, -0.15) is 17.0 Å². The van der Waals surface area contributed by atoms with Crippen LogP contribution >= 0.6 is 11.3 Å². The number of rotatable bonds is 4. The first-order chi connectivity index (χ1) is 9.62. The summed E-state index contributed by atoms with van der Waals surface area (Å²) in [4.78, 5) is 10.7. The summed E-state index contributed by atoms with van der Waals surface area (Å²) >= 11 is 0.662. The Kier molecular flexibility index (Phi) is 4.37. The van der Waals surface area contributed by atoms with Crippen molar-refractivity contribution in [2.75, 3.05) is 26.2 Å². The number of aromatic carboxylic acids is 1. The van der Waals surface area contributed by atoms with Gasteiger partial charge in [0, 0.05) is 26.2 Å². The highest BCUT2D eigenvalue weighted by Crippen LogP contribution is 2.25. The molecule has 3 N–H and O–H groups in total. The van der Waals surface area contributed by atoms with E-state index in [2.05, 4.69) is 0 Å². The molecule has 0 aromatic carbocycles. The second-order valence-corrected chi connectivity index (χ2v) is 9.07. The van der Waals surface area contributed by atoms with E-state index in [9.17, 15) is 21.6 Å². The standard InChI is InChI=1S/C9H13N3O6S3/c10-21(17,18)12-5-3-11(4-6-12)20(15,16)8-2-1-7(19-8)9(13)14/h1-2H,3-6H2,(H,13,14)(H2,10,17,18). The number of nitrogens with two attached hydrogens (primary N) is 1. The van der Waals surface area contributed by atoms with Gasteiger partial charge in [-0.1, -0.05) is 0 Å². The predicted octanol–water partition coefficient (Wildman–Crippen LogP) is -1.04. The average Bonchev–Trinajstić information content (AvgIpc) is 2.88. The van der Waals surface area contributed by atoms with Crippen LogP contribution in [0.4, 0.5) is 0 Å². The molecule has 1 saturated heterocycles. The van der Waals surface area contributed by atoms with Crippen LogP contribution in [0.2, 0.25) is 0 Å². The number of carboxylic acid groups (broad SMARTS) is 1. The number of carboxylic acids is 1. The quantitative estimate of drug-likeness (QED) is 0.707. The van der Waals surface area contributed by atoms with E-state index in [4.69, 9.17) is 10.2 Å². The summed E-state index contributed by atoms with van der Waals surface area (Å²) in [5.41, 5.74) is 0. The molecule has 0 radical (unpaired) electrons. The maximum Gasteiger partial charge on any atom is 0.345 e. The van der Waals surface area contributed by atoms with Crippen molar-refractivity contribution in [3.8, 4) is 0 Å². The minimum atomic E-state index is -3.83. The van der Waals surface area contributed by atoms with Gasteiger partial charge in [-0.3, -0.25) is 0 Å². The lowest BCUT2D eigenvalue weighted by molar-refractivity contribution is 0.0702. The lowest BCUT2D eigenvalue weighted by Gasteiger charge is -2.31. The van der Waals surface area contributed by atoms with Gasteiger partial charge in [0.05, 0.1) is 0 Å². The van der Waals surface area contributed by atoms with Gasteiger partial charge in [-0.15, -0.1) is 11.3 Å². The summed E-state index contributed by atoms with van der Waals surface area (Å²) in [5, 5.41) is 13.8. The molecule has 1 fully saturated rings. The Labute approximate surface area is 125 Å². The van der Waals surface area contributed by atoms with Crippen molar-refractivity contribution in [3.63, 3.8) is 0 Å². The Morgan fingerprint density at radius 1 is 1.10 bits per heavy atom. The van der Waals surface area contributed by atoms with Crippen molar-refractivity contribution < 1.29 is 26.7 Å². The van der Waals surface area contributed by atoms with Gasteiger partial charge in [-0.25, -0.2) is 18.4 Å². The van der Waals surface area contributed by atoms with Crippen molar-refractivity contribution in [2.45, 2.75) is 4.21 Å². The molecule has 9 nitrogen and oxygen atoms in total. The molecule has 0 bridgehead atoms. The first-order valence-electron chi connectivity index (χ1n) is 5.73. The van der Waals surface area contributed by atoms with E-state index < -0.39 is 26.2 Å². The summed E-state index contributed by atoms with van der Waals surface area (Å²) < 4.78 is 49.0. The van der Waals surface area contributed by atoms with Crippen LogP contribution in [-0.2, 0) is 20.2 Å². The zero-order valence-corrected chi connectivity index (χ0v) is 13.1. The predicted molar refractivity (Wildman–Crippen MR) is 74.7 cm³/mol. The van der Waals surface area contributed by atoms with E-state index in [-0.39, 0.29) is 35.3 Å². The van der Waals surface area contributed by atoms with E-state index in [1.54, 1.807) is 0 Å². The average molecular weight is 355 g/mol. The lowest BCUT2D eigenvalue weighted by atomic mass is 10.4. The molecule has 0 spiro atoms. The van der Waals surface area contributed by atoms with Crippen molar-refractivity contribution in [2.24, 2.45) is 5.14 Å². The Hall–Kier alpha value is -1.05. The highest BCUT2D eigenvalue weighted by molar-refractivity contribution is 7.91. The van der Waals surface area contributed by atoms with E-state index in [1.165, 1.54) is 12.1 Å². The zero-order chi connectivity index (χ0) is 15.8. The smallest absolute Gasteiger partial charge is 0.345 e. The van der Waals surface area contributed by atoms with Crippen LogP contribution in [0.3, 0.4) is 0 Å². The van der Waals surface area contributed by atoms with Crippen LogP contribution in [0.5, 0.6) is 0 Å². The molecule has 0 unspecified atom stereocenters. The minimum absolute atomic E-state index is 0.0287. The summed E-state index contributed by atoms with van der Waals surface area (Å²) in [6, 6.07) is 2.45. The van der Waals surface area contributed by atoms with E-state index in [0.29, 0.717) is 11.3 Å². The van der Waals surface area contributed by atoms with E-state index in [0.717, 1.165) is 8.61 Å². The molecule has 1 aromatic heterocycles. The number of sulfonamides is 1. The van der Waals surface area contributed by atoms with Crippen molar-refractivity contribution in [1.82, 2.24) is 8.61 Å². The van der Waals surface area contributed by atoms with Gasteiger partial charge >= 0.3 is 5.97 Å². The largest absolute Gasteiger partial charge is 0.477 e. The highest BCUT2D eigenvalue weighted by Gasteiger charge is 2.32.